The van der Waals surface area contributed by atoms with Crippen molar-refractivity contribution in [2.24, 2.45) is 0 Å². The number of alkyl halides is 1. The van der Waals surface area contributed by atoms with E-state index in [1.54, 1.807) is 0 Å². The highest BCUT2D eigenvalue weighted by atomic mass is 79.9. The van der Waals surface area contributed by atoms with Crippen LogP contribution in [0.2, 0.25) is 0 Å². The van der Waals surface area contributed by atoms with Crippen LogP contribution in [0.3, 0.4) is 0 Å². The van der Waals surface area contributed by atoms with Crippen LogP contribution in [0.5, 0.6) is 0 Å². The van der Waals surface area contributed by atoms with Crippen LogP contribution in [0.4, 0.5) is 11.8 Å². The van der Waals surface area contributed by atoms with Gasteiger partial charge in [0.1, 0.15) is 17.5 Å². The molecule has 0 bridgehead atoms. The van der Waals surface area contributed by atoms with Crippen LogP contribution in [0.15, 0.2) is 24.3 Å². The van der Waals surface area contributed by atoms with Crippen LogP contribution in [-0.4, -0.2) is 9.97 Å². The standard InChI is InChI=1S/C12H10BrN5/c13-5-7-3-1-2-4-8(7)10-9(6-14)11(15)18-12(16)17-10/h1-4H,5H2,(H4,15,16,17,18). The van der Waals surface area contributed by atoms with Crippen LogP contribution in [0.25, 0.3) is 11.3 Å². The van der Waals surface area contributed by atoms with Gasteiger partial charge in [0, 0.05) is 10.9 Å². The Morgan fingerprint density at radius 3 is 2.61 bits per heavy atom. The first-order valence-electron chi connectivity index (χ1n) is 5.14. The molecule has 2 aromatic rings. The zero-order valence-corrected chi connectivity index (χ0v) is 11.0. The molecule has 2 rings (SSSR count). The average molecular weight is 304 g/mol. The lowest BCUT2D eigenvalue weighted by atomic mass is 10.0. The molecule has 5 nitrogen and oxygen atoms in total. The first-order chi connectivity index (χ1) is 8.67. The lowest BCUT2D eigenvalue weighted by Crippen LogP contribution is -2.05. The van der Waals surface area contributed by atoms with Crippen molar-refractivity contribution in [1.82, 2.24) is 9.97 Å². The Bertz CT molecular complexity index is 633. The van der Waals surface area contributed by atoms with E-state index in [0.717, 1.165) is 11.1 Å². The van der Waals surface area contributed by atoms with Crippen molar-refractivity contribution in [3.05, 3.63) is 35.4 Å². The molecular weight excluding hydrogens is 294 g/mol. The van der Waals surface area contributed by atoms with E-state index in [9.17, 15) is 0 Å². The second kappa shape index (κ2) is 5.02. The third-order valence-corrected chi connectivity index (χ3v) is 3.09. The molecule has 0 spiro atoms. The van der Waals surface area contributed by atoms with Gasteiger partial charge in [-0.1, -0.05) is 40.2 Å². The molecule has 1 heterocycles. The summed E-state index contributed by atoms with van der Waals surface area (Å²) in [5, 5.41) is 9.80. The Morgan fingerprint density at radius 1 is 1.22 bits per heavy atom. The topological polar surface area (TPSA) is 102 Å². The number of halogens is 1. The Kier molecular flexibility index (Phi) is 3.44. The minimum atomic E-state index is 0.0610. The van der Waals surface area contributed by atoms with Gasteiger partial charge in [-0.15, -0.1) is 0 Å². The van der Waals surface area contributed by atoms with E-state index in [4.69, 9.17) is 16.7 Å². The highest BCUT2D eigenvalue weighted by Crippen LogP contribution is 2.29. The number of hydrogen-bond acceptors (Lipinski definition) is 5. The monoisotopic (exact) mass is 303 g/mol. The lowest BCUT2D eigenvalue weighted by Gasteiger charge is -2.09. The maximum atomic E-state index is 9.15. The van der Waals surface area contributed by atoms with E-state index < -0.39 is 0 Å². The molecule has 0 amide bonds. The van der Waals surface area contributed by atoms with Gasteiger partial charge < -0.3 is 11.5 Å². The summed E-state index contributed by atoms with van der Waals surface area (Å²) in [5.41, 5.74) is 13.8. The number of nitrogen functional groups attached to an aromatic ring is 2. The Morgan fingerprint density at radius 2 is 1.94 bits per heavy atom. The Labute approximate surface area is 113 Å². The fourth-order valence-corrected chi connectivity index (χ4v) is 2.16. The van der Waals surface area contributed by atoms with Crippen LogP contribution < -0.4 is 11.5 Å². The zero-order valence-electron chi connectivity index (χ0n) is 9.39. The number of hydrogen-bond donors (Lipinski definition) is 2. The molecule has 0 atom stereocenters. The van der Waals surface area contributed by atoms with Crippen LogP contribution >= 0.6 is 15.9 Å². The van der Waals surface area contributed by atoms with Gasteiger partial charge in [-0.3, -0.25) is 0 Å². The zero-order chi connectivity index (χ0) is 13.1. The van der Waals surface area contributed by atoms with E-state index in [2.05, 4.69) is 25.9 Å². The molecule has 90 valence electrons. The average Bonchev–Trinajstić information content (AvgIpc) is 2.38. The largest absolute Gasteiger partial charge is 0.382 e. The second-order valence-corrected chi connectivity index (χ2v) is 4.15. The van der Waals surface area contributed by atoms with E-state index in [1.807, 2.05) is 30.3 Å². The minimum absolute atomic E-state index is 0.0610. The normalized spacial score (nSPS) is 10.0. The molecule has 6 heteroatoms. The first-order valence-corrected chi connectivity index (χ1v) is 6.27. The Hall–Kier alpha value is -2.13. The molecule has 4 N–H and O–H groups in total. The molecule has 0 saturated heterocycles. The van der Waals surface area contributed by atoms with Gasteiger partial charge in [-0.05, 0) is 5.56 Å². The summed E-state index contributed by atoms with van der Waals surface area (Å²) in [5.74, 6) is 0.162. The molecule has 0 fully saturated rings. The smallest absolute Gasteiger partial charge is 0.222 e. The number of aromatic nitrogens is 2. The van der Waals surface area contributed by atoms with Gasteiger partial charge in [-0.2, -0.15) is 10.2 Å². The first kappa shape index (κ1) is 12.3. The maximum absolute atomic E-state index is 9.15. The lowest BCUT2D eigenvalue weighted by molar-refractivity contribution is 1.18. The second-order valence-electron chi connectivity index (χ2n) is 3.59. The van der Waals surface area contributed by atoms with Gasteiger partial charge in [0.25, 0.3) is 0 Å². The summed E-state index contributed by atoms with van der Waals surface area (Å²) >= 11 is 3.40. The highest BCUT2D eigenvalue weighted by molar-refractivity contribution is 9.08. The van der Waals surface area contributed by atoms with Crippen molar-refractivity contribution in [3.63, 3.8) is 0 Å². The summed E-state index contributed by atoms with van der Waals surface area (Å²) in [6.45, 7) is 0. The number of nitriles is 1. The van der Waals surface area contributed by atoms with Crippen LogP contribution in [0.1, 0.15) is 11.1 Å². The number of nitrogens with two attached hydrogens (primary N) is 2. The fourth-order valence-electron chi connectivity index (χ4n) is 1.67. The number of benzene rings is 1. The van der Waals surface area contributed by atoms with Gasteiger partial charge >= 0.3 is 0 Å². The van der Waals surface area contributed by atoms with Crippen molar-refractivity contribution in [2.75, 3.05) is 11.5 Å². The summed E-state index contributed by atoms with van der Waals surface area (Å²) < 4.78 is 0. The third-order valence-electron chi connectivity index (χ3n) is 2.48. The van der Waals surface area contributed by atoms with Gasteiger partial charge in [0.2, 0.25) is 5.95 Å². The summed E-state index contributed by atoms with van der Waals surface area (Å²) in [6, 6.07) is 9.63. The molecule has 1 aromatic carbocycles. The van der Waals surface area contributed by atoms with Crippen LogP contribution in [0, 0.1) is 11.3 Å². The van der Waals surface area contributed by atoms with Crippen molar-refractivity contribution < 1.29 is 0 Å². The molecule has 0 radical (unpaired) electrons. The molecule has 0 aliphatic rings. The summed E-state index contributed by atoms with van der Waals surface area (Å²) in [6.07, 6.45) is 0. The maximum Gasteiger partial charge on any atom is 0.222 e. The number of nitrogens with zero attached hydrogens (tertiary/aromatic N) is 3. The third kappa shape index (κ3) is 2.13. The molecule has 0 aliphatic carbocycles. The minimum Gasteiger partial charge on any atom is -0.382 e. The van der Waals surface area contributed by atoms with Gasteiger partial charge in [-0.25, -0.2) is 4.98 Å². The van der Waals surface area contributed by atoms with Gasteiger partial charge in [0.05, 0.1) is 5.69 Å². The van der Waals surface area contributed by atoms with Crippen molar-refractivity contribution >= 4 is 27.7 Å². The molecule has 1 aromatic heterocycles. The van der Waals surface area contributed by atoms with E-state index in [-0.39, 0.29) is 17.3 Å². The van der Waals surface area contributed by atoms with Crippen molar-refractivity contribution in [1.29, 1.82) is 5.26 Å². The number of anilines is 2. The molecular formula is C12H10BrN5. The molecule has 0 aliphatic heterocycles. The predicted octanol–water partition coefficient (Wildman–Crippen LogP) is 2.07. The predicted molar refractivity (Wildman–Crippen MR) is 73.6 cm³/mol. The van der Waals surface area contributed by atoms with Crippen LogP contribution in [-0.2, 0) is 5.33 Å². The summed E-state index contributed by atoms with van der Waals surface area (Å²) in [7, 11) is 0. The van der Waals surface area contributed by atoms with Gasteiger partial charge in [0.15, 0.2) is 0 Å². The highest BCUT2D eigenvalue weighted by Gasteiger charge is 2.15. The molecule has 18 heavy (non-hydrogen) atoms. The quantitative estimate of drug-likeness (QED) is 0.827. The number of rotatable bonds is 2. The van der Waals surface area contributed by atoms with E-state index in [0.29, 0.717) is 11.0 Å². The van der Waals surface area contributed by atoms with Crippen molar-refractivity contribution in [2.45, 2.75) is 5.33 Å². The van der Waals surface area contributed by atoms with E-state index >= 15 is 0 Å². The fraction of sp³-hybridized carbons (Fsp3) is 0.0833. The molecule has 0 unspecified atom stereocenters. The van der Waals surface area contributed by atoms with Crippen molar-refractivity contribution in [3.8, 4) is 17.3 Å². The van der Waals surface area contributed by atoms with E-state index in [1.165, 1.54) is 0 Å². The SMILES string of the molecule is N#Cc1c(N)nc(N)nc1-c1ccccc1CBr. The molecule has 0 saturated carbocycles. The Balaban J connectivity index is 2.75. The summed E-state index contributed by atoms with van der Waals surface area (Å²) in [4.78, 5) is 7.92.